The summed E-state index contributed by atoms with van der Waals surface area (Å²) in [6, 6.07) is 10.4. The lowest BCUT2D eigenvalue weighted by molar-refractivity contribution is 0.102. The van der Waals surface area contributed by atoms with Crippen molar-refractivity contribution >= 4 is 21.6 Å². The van der Waals surface area contributed by atoms with Crippen LogP contribution in [0.25, 0.3) is 0 Å². The van der Waals surface area contributed by atoms with Crippen LogP contribution in [0.15, 0.2) is 41.3 Å². The van der Waals surface area contributed by atoms with Gasteiger partial charge in [0.25, 0.3) is 5.91 Å². The number of aryl methyl sites for hydroxylation is 2. The molecule has 6 nitrogen and oxygen atoms in total. The second-order valence-electron chi connectivity index (χ2n) is 7.46. The quantitative estimate of drug-likeness (QED) is 0.795. The van der Waals surface area contributed by atoms with E-state index in [4.69, 9.17) is 4.74 Å². The van der Waals surface area contributed by atoms with Crippen LogP contribution in [-0.2, 0) is 10.0 Å². The Morgan fingerprint density at radius 2 is 1.69 bits per heavy atom. The molecule has 3 rings (SSSR count). The number of nitrogens with zero attached hydrogens (tertiary/aromatic N) is 1. The van der Waals surface area contributed by atoms with Crippen LogP contribution < -0.4 is 10.1 Å². The molecular weight excluding hydrogens is 388 g/mol. The number of carbonyl (C=O) groups excluding carboxylic acids is 1. The van der Waals surface area contributed by atoms with E-state index in [1.165, 1.54) is 17.5 Å². The van der Waals surface area contributed by atoms with Gasteiger partial charge in [-0.15, -0.1) is 0 Å². The lowest BCUT2D eigenvalue weighted by Gasteiger charge is -2.21. The van der Waals surface area contributed by atoms with E-state index in [-0.39, 0.29) is 22.1 Å². The van der Waals surface area contributed by atoms with Crippen molar-refractivity contribution in [2.24, 2.45) is 0 Å². The zero-order chi connectivity index (χ0) is 21.0. The van der Waals surface area contributed by atoms with Crippen molar-refractivity contribution in [2.45, 2.75) is 44.4 Å². The lowest BCUT2D eigenvalue weighted by atomic mass is 10.1. The molecule has 0 atom stereocenters. The van der Waals surface area contributed by atoms with Crippen LogP contribution in [0.3, 0.4) is 0 Å². The first-order chi connectivity index (χ1) is 13.8. The first-order valence-corrected chi connectivity index (χ1v) is 11.3. The molecular formula is C22H28N2O4S. The van der Waals surface area contributed by atoms with Crippen LogP contribution in [0.5, 0.6) is 5.75 Å². The highest BCUT2D eigenvalue weighted by Crippen LogP contribution is 2.30. The third-order valence-corrected chi connectivity index (χ3v) is 7.17. The van der Waals surface area contributed by atoms with Crippen molar-refractivity contribution in [3.8, 4) is 5.75 Å². The predicted octanol–water partition coefficient (Wildman–Crippen LogP) is 4.13. The van der Waals surface area contributed by atoms with Gasteiger partial charge in [0, 0.05) is 24.3 Å². The molecule has 156 valence electrons. The molecule has 0 bridgehead atoms. The minimum Gasteiger partial charge on any atom is -0.495 e. The highest BCUT2D eigenvalue weighted by Gasteiger charge is 2.29. The number of ether oxygens (including phenoxy) is 1. The maximum absolute atomic E-state index is 13.3. The van der Waals surface area contributed by atoms with Gasteiger partial charge in [-0.25, -0.2) is 8.42 Å². The molecule has 0 saturated carbocycles. The maximum Gasteiger partial charge on any atom is 0.255 e. The van der Waals surface area contributed by atoms with Crippen molar-refractivity contribution in [1.82, 2.24) is 4.31 Å². The summed E-state index contributed by atoms with van der Waals surface area (Å²) in [5, 5.41) is 2.88. The number of rotatable bonds is 5. The second kappa shape index (κ2) is 8.97. The van der Waals surface area contributed by atoms with Crippen LogP contribution >= 0.6 is 0 Å². The SMILES string of the molecule is COc1ccc(C(=O)Nc2cc(C)ccc2C)cc1S(=O)(=O)N1CCCCCC1. The molecule has 2 aromatic rings. The predicted molar refractivity (Wildman–Crippen MR) is 114 cm³/mol. The van der Waals surface area contributed by atoms with Crippen LogP contribution in [0.1, 0.15) is 47.2 Å². The smallest absolute Gasteiger partial charge is 0.255 e. The van der Waals surface area contributed by atoms with E-state index in [9.17, 15) is 13.2 Å². The van der Waals surface area contributed by atoms with E-state index in [1.54, 1.807) is 12.1 Å². The first kappa shape index (κ1) is 21.3. The monoisotopic (exact) mass is 416 g/mol. The summed E-state index contributed by atoms with van der Waals surface area (Å²) >= 11 is 0. The normalized spacial score (nSPS) is 15.6. The van der Waals surface area contributed by atoms with E-state index >= 15 is 0 Å². The van der Waals surface area contributed by atoms with E-state index in [0.29, 0.717) is 18.8 Å². The Morgan fingerprint density at radius 3 is 2.34 bits per heavy atom. The highest BCUT2D eigenvalue weighted by atomic mass is 32.2. The Hall–Kier alpha value is -2.38. The number of amides is 1. The van der Waals surface area contributed by atoms with Gasteiger partial charge in [-0.1, -0.05) is 25.0 Å². The number of nitrogens with one attached hydrogen (secondary N) is 1. The fourth-order valence-corrected chi connectivity index (χ4v) is 5.20. The number of methoxy groups -OCH3 is 1. The minimum atomic E-state index is -3.74. The Balaban J connectivity index is 1.94. The third kappa shape index (κ3) is 4.79. The largest absolute Gasteiger partial charge is 0.495 e. The van der Waals surface area contributed by atoms with Crippen LogP contribution in [0.2, 0.25) is 0 Å². The zero-order valence-corrected chi connectivity index (χ0v) is 18.0. The molecule has 7 heteroatoms. The molecule has 1 heterocycles. The van der Waals surface area contributed by atoms with Gasteiger partial charge in [0.15, 0.2) is 0 Å². The summed E-state index contributed by atoms with van der Waals surface area (Å²) in [6.45, 7) is 4.85. The lowest BCUT2D eigenvalue weighted by Crippen LogP contribution is -2.32. The second-order valence-corrected chi connectivity index (χ2v) is 9.36. The highest BCUT2D eigenvalue weighted by molar-refractivity contribution is 7.89. The van der Waals surface area contributed by atoms with Gasteiger partial charge in [0.1, 0.15) is 10.6 Å². The van der Waals surface area contributed by atoms with Crippen molar-refractivity contribution in [3.05, 3.63) is 53.1 Å². The molecule has 1 aliphatic rings. The Morgan fingerprint density at radius 1 is 1.00 bits per heavy atom. The van der Waals surface area contributed by atoms with Crippen molar-refractivity contribution < 1.29 is 17.9 Å². The van der Waals surface area contributed by atoms with Gasteiger partial charge in [0.2, 0.25) is 10.0 Å². The molecule has 0 aliphatic carbocycles. The van der Waals surface area contributed by atoms with E-state index in [1.807, 2.05) is 32.0 Å². The number of benzene rings is 2. The molecule has 0 spiro atoms. The number of carbonyl (C=O) groups is 1. The van der Waals surface area contributed by atoms with Crippen LogP contribution in [0.4, 0.5) is 5.69 Å². The van der Waals surface area contributed by atoms with E-state index in [2.05, 4.69) is 5.32 Å². The molecule has 0 radical (unpaired) electrons. The number of hydrogen-bond acceptors (Lipinski definition) is 4. The van der Waals surface area contributed by atoms with Crippen molar-refractivity contribution in [1.29, 1.82) is 0 Å². The van der Waals surface area contributed by atoms with Crippen LogP contribution in [0, 0.1) is 13.8 Å². The minimum absolute atomic E-state index is 0.0375. The molecule has 0 unspecified atom stereocenters. The van der Waals surface area contributed by atoms with Gasteiger partial charge < -0.3 is 10.1 Å². The zero-order valence-electron chi connectivity index (χ0n) is 17.2. The Labute approximate surface area is 172 Å². The molecule has 1 fully saturated rings. The van der Waals surface area contributed by atoms with Gasteiger partial charge in [-0.05, 0) is 62.1 Å². The maximum atomic E-state index is 13.3. The Kier molecular flexibility index (Phi) is 6.59. The fourth-order valence-electron chi connectivity index (χ4n) is 3.51. The molecule has 1 N–H and O–H groups in total. The summed E-state index contributed by atoms with van der Waals surface area (Å²) in [7, 11) is -2.31. The summed E-state index contributed by atoms with van der Waals surface area (Å²) in [5.74, 6) is -0.105. The van der Waals surface area contributed by atoms with Crippen molar-refractivity contribution in [3.63, 3.8) is 0 Å². The standard InChI is InChI=1S/C22H28N2O4S/c1-16-8-9-17(2)19(14-16)23-22(25)18-10-11-20(28-3)21(15-18)29(26,27)24-12-6-4-5-7-13-24/h8-11,14-15H,4-7,12-13H2,1-3H3,(H,23,25). The van der Waals surface area contributed by atoms with Gasteiger partial charge in [0.05, 0.1) is 7.11 Å². The van der Waals surface area contributed by atoms with E-state index < -0.39 is 10.0 Å². The van der Waals surface area contributed by atoms with E-state index in [0.717, 1.165) is 36.8 Å². The number of sulfonamides is 1. The molecule has 1 saturated heterocycles. The average Bonchev–Trinajstić information content (AvgIpc) is 3.00. The van der Waals surface area contributed by atoms with Gasteiger partial charge in [-0.2, -0.15) is 4.31 Å². The Bertz CT molecular complexity index is 994. The fraction of sp³-hybridized carbons (Fsp3) is 0.409. The third-order valence-electron chi connectivity index (χ3n) is 5.25. The number of hydrogen-bond donors (Lipinski definition) is 1. The summed E-state index contributed by atoms with van der Waals surface area (Å²) in [4.78, 5) is 12.9. The first-order valence-electron chi connectivity index (χ1n) is 9.90. The van der Waals surface area contributed by atoms with Crippen LogP contribution in [-0.4, -0.2) is 38.8 Å². The summed E-state index contributed by atoms with van der Waals surface area (Å²) < 4.78 is 33.3. The topological polar surface area (TPSA) is 75.7 Å². The average molecular weight is 417 g/mol. The molecule has 0 aromatic heterocycles. The van der Waals surface area contributed by atoms with Gasteiger partial charge in [-0.3, -0.25) is 4.79 Å². The molecule has 1 amide bonds. The summed E-state index contributed by atoms with van der Waals surface area (Å²) in [6.07, 6.45) is 3.74. The molecule has 29 heavy (non-hydrogen) atoms. The van der Waals surface area contributed by atoms with Gasteiger partial charge >= 0.3 is 0 Å². The molecule has 1 aliphatic heterocycles. The van der Waals surface area contributed by atoms with Crippen molar-refractivity contribution in [2.75, 3.05) is 25.5 Å². The number of anilines is 1. The summed E-state index contributed by atoms with van der Waals surface area (Å²) in [5.41, 5.74) is 2.96. The molecule has 2 aromatic carbocycles.